The fourth-order valence-corrected chi connectivity index (χ4v) is 2.84. The summed E-state index contributed by atoms with van der Waals surface area (Å²) in [6, 6.07) is 5.16. The molecule has 1 fully saturated rings. The molecule has 0 spiro atoms. The molecule has 1 aliphatic heterocycles. The smallest absolute Gasteiger partial charge is 0.239 e. The number of carbonyl (C=O) groups is 1. The minimum absolute atomic E-state index is 0. The summed E-state index contributed by atoms with van der Waals surface area (Å²) in [5, 5.41) is 4.02. The summed E-state index contributed by atoms with van der Waals surface area (Å²) in [6.07, 6.45) is 3.31. The molecular formula is C17H24ClN5O2. The quantitative estimate of drug-likeness (QED) is 0.892. The van der Waals surface area contributed by atoms with Crippen LogP contribution in [0, 0.1) is 5.92 Å². The van der Waals surface area contributed by atoms with E-state index in [-0.39, 0.29) is 30.2 Å². The van der Waals surface area contributed by atoms with Crippen molar-refractivity contribution in [3.05, 3.63) is 30.3 Å². The van der Waals surface area contributed by atoms with Gasteiger partial charge < -0.3 is 15.2 Å². The first-order valence-corrected chi connectivity index (χ1v) is 8.35. The highest BCUT2D eigenvalue weighted by molar-refractivity contribution is 5.85. The Morgan fingerprint density at radius 1 is 1.32 bits per heavy atom. The molecule has 1 atom stereocenters. The van der Waals surface area contributed by atoms with Crippen LogP contribution in [0.2, 0.25) is 0 Å². The van der Waals surface area contributed by atoms with Crippen molar-refractivity contribution in [3.63, 3.8) is 0 Å². The summed E-state index contributed by atoms with van der Waals surface area (Å²) < 4.78 is 5.41. The van der Waals surface area contributed by atoms with E-state index in [0.717, 1.165) is 12.8 Å². The lowest BCUT2D eigenvalue weighted by Gasteiger charge is -2.33. The summed E-state index contributed by atoms with van der Waals surface area (Å²) in [6.45, 7) is 5.27. The number of nitrogens with two attached hydrogens (primary N) is 1. The van der Waals surface area contributed by atoms with Gasteiger partial charge in [0.25, 0.3) is 0 Å². The molecule has 0 unspecified atom stereocenters. The summed E-state index contributed by atoms with van der Waals surface area (Å²) in [4.78, 5) is 22.9. The zero-order valence-electron chi connectivity index (χ0n) is 14.5. The number of halogens is 1. The Morgan fingerprint density at radius 3 is 2.64 bits per heavy atom. The Morgan fingerprint density at radius 2 is 2.04 bits per heavy atom. The molecule has 7 nitrogen and oxygen atoms in total. The van der Waals surface area contributed by atoms with Gasteiger partial charge in [0.2, 0.25) is 17.6 Å². The number of piperidine rings is 1. The average molecular weight is 366 g/mol. The third kappa shape index (κ3) is 4.35. The summed E-state index contributed by atoms with van der Waals surface area (Å²) >= 11 is 0. The van der Waals surface area contributed by atoms with Crippen LogP contribution in [0.1, 0.15) is 38.5 Å². The molecule has 3 heterocycles. The molecular weight excluding hydrogens is 342 g/mol. The molecule has 0 aliphatic carbocycles. The van der Waals surface area contributed by atoms with Gasteiger partial charge in [-0.3, -0.25) is 9.78 Å². The number of likely N-dealkylation sites (tertiary alicyclic amines) is 1. The van der Waals surface area contributed by atoms with E-state index < -0.39 is 6.04 Å². The van der Waals surface area contributed by atoms with Crippen molar-refractivity contribution in [2.45, 2.75) is 38.6 Å². The SMILES string of the molecule is CC(C)[C@H](N)C(=O)N1CCC(c2nc(-c3ccccn3)no2)CC1.Cl. The van der Waals surface area contributed by atoms with Crippen molar-refractivity contribution in [1.29, 1.82) is 0 Å². The van der Waals surface area contributed by atoms with E-state index in [0.29, 0.717) is 30.5 Å². The number of pyridine rings is 1. The van der Waals surface area contributed by atoms with Crippen LogP contribution in [0.4, 0.5) is 0 Å². The Labute approximate surface area is 153 Å². The maximum absolute atomic E-state index is 12.3. The molecule has 2 aromatic rings. The second-order valence-electron chi connectivity index (χ2n) is 6.54. The van der Waals surface area contributed by atoms with Gasteiger partial charge in [-0.1, -0.05) is 25.1 Å². The maximum atomic E-state index is 12.3. The lowest BCUT2D eigenvalue weighted by molar-refractivity contribution is -0.134. The van der Waals surface area contributed by atoms with E-state index in [1.165, 1.54) is 0 Å². The monoisotopic (exact) mass is 365 g/mol. The Bertz CT molecular complexity index is 683. The van der Waals surface area contributed by atoms with E-state index >= 15 is 0 Å². The van der Waals surface area contributed by atoms with Crippen molar-refractivity contribution >= 4 is 18.3 Å². The van der Waals surface area contributed by atoms with Crippen LogP contribution < -0.4 is 5.73 Å². The number of aromatic nitrogens is 3. The topological polar surface area (TPSA) is 98.1 Å². The highest BCUT2D eigenvalue weighted by Gasteiger charge is 2.30. The highest BCUT2D eigenvalue weighted by Crippen LogP contribution is 2.28. The Kier molecular flexibility index (Phi) is 6.50. The van der Waals surface area contributed by atoms with Gasteiger partial charge in [-0.25, -0.2) is 0 Å². The molecule has 2 N–H and O–H groups in total. The molecule has 2 aromatic heterocycles. The minimum atomic E-state index is -0.430. The first-order chi connectivity index (χ1) is 11.6. The molecule has 136 valence electrons. The number of carbonyl (C=O) groups excluding carboxylic acids is 1. The zero-order chi connectivity index (χ0) is 17.1. The van der Waals surface area contributed by atoms with E-state index in [4.69, 9.17) is 10.3 Å². The lowest BCUT2D eigenvalue weighted by atomic mass is 9.95. The second kappa shape index (κ2) is 8.40. The molecule has 0 bridgehead atoms. The molecule has 8 heteroatoms. The van der Waals surface area contributed by atoms with E-state index in [1.54, 1.807) is 6.20 Å². The molecule has 1 amide bonds. The van der Waals surface area contributed by atoms with Crippen LogP contribution in [0.15, 0.2) is 28.9 Å². The average Bonchev–Trinajstić information content (AvgIpc) is 3.11. The fourth-order valence-electron chi connectivity index (χ4n) is 2.84. The van der Waals surface area contributed by atoms with Crippen LogP contribution >= 0.6 is 12.4 Å². The summed E-state index contributed by atoms with van der Waals surface area (Å²) in [7, 11) is 0. The van der Waals surface area contributed by atoms with Crippen LogP contribution in [-0.2, 0) is 4.79 Å². The van der Waals surface area contributed by atoms with E-state index in [2.05, 4.69) is 15.1 Å². The van der Waals surface area contributed by atoms with Crippen molar-refractivity contribution < 1.29 is 9.32 Å². The zero-order valence-corrected chi connectivity index (χ0v) is 15.3. The van der Waals surface area contributed by atoms with Gasteiger partial charge in [-0.15, -0.1) is 12.4 Å². The number of rotatable bonds is 4. The highest BCUT2D eigenvalue weighted by atomic mass is 35.5. The molecule has 25 heavy (non-hydrogen) atoms. The van der Waals surface area contributed by atoms with Gasteiger partial charge in [-0.05, 0) is 30.9 Å². The number of nitrogens with zero attached hydrogens (tertiary/aromatic N) is 4. The van der Waals surface area contributed by atoms with Crippen molar-refractivity contribution in [2.24, 2.45) is 11.7 Å². The van der Waals surface area contributed by atoms with Crippen molar-refractivity contribution in [3.8, 4) is 11.5 Å². The molecule has 0 radical (unpaired) electrons. The van der Waals surface area contributed by atoms with Gasteiger partial charge >= 0.3 is 0 Å². The lowest BCUT2D eigenvalue weighted by Crippen LogP contribution is -2.49. The Balaban J connectivity index is 0.00000225. The number of amides is 1. The molecule has 3 rings (SSSR count). The van der Waals surface area contributed by atoms with Crippen LogP contribution in [-0.4, -0.2) is 45.1 Å². The van der Waals surface area contributed by atoms with Crippen LogP contribution in [0.25, 0.3) is 11.5 Å². The van der Waals surface area contributed by atoms with Crippen LogP contribution in [0.5, 0.6) is 0 Å². The molecule has 1 saturated heterocycles. The molecule has 1 aliphatic rings. The van der Waals surface area contributed by atoms with Crippen molar-refractivity contribution in [2.75, 3.05) is 13.1 Å². The second-order valence-corrected chi connectivity index (χ2v) is 6.54. The van der Waals surface area contributed by atoms with Gasteiger partial charge in [0, 0.05) is 25.2 Å². The maximum Gasteiger partial charge on any atom is 0.239 e. The van der Waals surface area contributed by atoms with Gasteiger partial charge in [0.15, 0.2) is 0 Å². The van der Waals surface area contributed by atoms with E-state index in [9.17, 15) is 4.79 Å². The summed E-state index contributed by atoms with van der Waals surface area (Å²) in [5.41, 5.74) is 6.66. The van der Waals surface area contributed by atoms with Crippen molar-refractivity contribution in [1.82, 2.24) is 20.0 Å². The largest absolute Gasteiger partial charge is 0.341 e. The minimum Gasteiger partial charge on any atom is -0.341 e. The van der Waals surface area contributed by atoms with Crippen LogP contribution in [0.3, 0.4) is 0 Å². The third-order valence-corrected chi connectivity index (χ3v) is 4.49. The molecule has 0 saturated carbocycles. The van der Waals surface area contributed by atoms with E-state index in [1.807, 2.05) is 36.9 Å². The predicted octanol–water partition coefficient (Wildman–Crippen LogP) is 2.24. The number of hydrogen-bond donors (Lipinski definition) is 1. The van der Waals surface area contributed by atoms with Gasteiger partial charge in [-0.2, -0.15) is 4.98 Å². The number of hydrogen-bond acceptors (Lipinski definition) is 6. The Hall–Kier alpha value is -1.99. The first kappa shape index (κ1) is 19.3. The first-order valence-electron chi connectivity index (χ1n) is 8.35. The third-order valence-electron chi connectivity index (χ3n) is 4.49. The van der Waals surface area contributed by atoms with Gasteiger partial charge in [0.05, 0.1) is 6.04 Å². The van der Waals surface area contributed by atoms with Gasteiger partial charge in [0.1, 0.15) is 5.69 Å². The summed E-state index contributed by atoms with van der Waals surface area (Å²) in [5.74, 6) is 1.48. The standard InChI is InChI=1S/C17H23N5O2.ClH/c1-11(2)14(18)17(23)22-9-6-12(7-10-22)16-20-15(21-24-16)13-5-3-4-8-19-13;/h3-5,8,11-12,14H,6-7,9-10,18H2,1-2H3;1H/t14-;/m0./s1. The molecule has 0 aromatic carbocycles. The fraction of sp³-hybridized carbons (Fsp3) is 0.529. The normalized spacial score (nSPS) is 16.6. The predicted molar refractivity (Wildman–Crippen MR) is 96.1 cm³/mol.